The van der Waals surface area contributed by atoms with Gasteiger partial charge in [0.1, 0.15) is 11.5 Å². The van der Waals surface area contributed by atoms with Crippen LogP contribution in [0.2, 0.25) is 0 Å². The molecule has 1 aliphatic heterocycles. The fourth-order valence-electron chi connectivity index (χ4n) is 3.86. The van der Waals surface area contributed by atoms with E-state index in [0.29, 0.717) is 0 Å². The number of rotatable bonds is 5. The highest BCUT2D eigenvalue weighted by atomic mass is 16.5. The second-order valence-electron chi connectivity index (χ2n) is 7.48. The van der Waals surface area contributed by atoms with Gasteiger partial charge in [-0.3, -0.25) is 4.90 Å². The third kappa shape index (κ3) is 3.96. The molecule has 1 saturated heterocycles. The summed E-state index contributed by atoms with van der Waals surface area (Å²) < 4.78 is 12.0. The molecule has 144 valence electrons. The lowest BCUT2D eigenvalue weighted by Crippen LogP contribution is -2.52. The molecule has 2 atom stereocenters. The molecule has 2 aromatic rings. The summed E-state index contributed by atoms with van der Waals surface area (Å²) in [5.74, 6) is 1.69. The minimum absolute atomic E-state index is 0.0540. The Balaban J connectivity index is 1.45. The molecule has 3 nitrogen and oxygen atoms in total. The monoisotopic (exact) mass is 373 g/mol. The van der Waals surface area contributed by atoms with E-state index in [1.165, 1.54) is 11.1 Å². The van der Waals surface area contributed by atoms with E-state index in [2.05, 4.69) is 73.0 Å². The van der Waals surface area contributed by atoms with Crippen molar-refractivity contribution in [3.8, 4) is 11.5 Å². The van der Waals surface area contributed by atoms with Crippen LogP contribution in [0.3, 0.4) is 0 Å². The van der Waals surface area contributed by atoms with Crippen molar-refractivity contribution in [3.05, 3.63) is 96.6 Å². The number of ether oxygens (including phenoxy) is 2. The maximum absolute atomic E-state index is 6.09. The first-order valence-corrected chi connectivity index (χ1v) is 9.88. The van der Waals surface area contributed by atoms with E-state index in [4.69, 9.17) is 9.47 Å². The van der Waals surface area contributed by atoms with E-state index in [-0.39, 0.29) is 11.6 Å². The number of nitrogens with zero attached hydrogens (tertiary/aromatic N) is 1. The number of benzene rings is 2. The molecule has 2 aromatic carbocycles. The molecule has 0 bridgehead atoms. The highest BCUT2D eigenvalue weighted by Gasteiger charge is 2.35. The molecule has 0 radical (unpaired) electrons. The highest BCUT2D eigenvalue weighted by molar-refractivity contribution is 5.35. The molecule has 1 fully saturated rings. The van der Waals surface area contributed by atoms with E-state index in [1.807, 2.05) is 24.3 Å². The van der Waals surface area contributed by atoms with E-state index in [1.54, 1.807) is 0 Å². The van der Waals surface area contributed by atoms with Crippen molar-refractivity contribution in [2.24, 2.45) is 0 Å². The van der Waals surface area contributed by atoms with Crippen molar-refractivity contribution in [3.63, 3.8) is 0 Å². The molecule has 28 heavy (non-hydrogen) atoms. The van der Waals surface area contributed by atoms with Crippen molar-refractivity contribution in [1.29, 1.82) is 0 Å². The van der Waals surface area contributed by atoms with Crippen molar-refractivity contribution in [2.75, 3.05) is 19.7 Å². The smallest absolute Gasteiger partial charge is 0.127 e. The zero-order valence-electron chi connectivity index (χ0n) is 16.4. The summed E-state index contributed by atoms with van der Waals surface area (Å²) in [6.07, 6.45) is 11.8. The standard InChI is InChI=1S/C25H27NO2/c1-3-25(15-5-4-6-16-25)26-17-18-27-24(19-26)21-9-13-23(14-10-21)28-22-11-7-20(2)8-12-22/h3-15,24H,1,16-19H2,2H3/t24-,25-/m1/s1. The number of hydrogen-bond acceptors (Lipinski definition) is 3. The number of morpholine rings is 1. The van der Waals surface area contributed by atoms with E-state index in [0.717, 1.165) is 37.6 Å². The molecule has 0 spiro atoms. The van der Waals surface area contributed by atoms with Crippen LogP contribution >= 0.6 is 0 Å². The van der Waals surface area contributed by atoms with Crippen molar-refractivity contribution in [2.45, 2.75) is 25.0 Å². The van der Waals surface area contributed by atoms with Crippen LogP contribution in [0.4, 0.5) is 0 Å². The lowest BCUT2D eigenvalue weighted by molar-refractivity contribution is -0.0511. The highest BCUT2D eigenvalue weighted by Crippen LogP contribution is 2.33. The predicted molar refractivity (Wildman–Crippen MR) is 114 cm³/mol. The molecule has 1 aliphatic carbocycles. The Bertz CT molecular complexity index is 866. The van der Waals surface area contributed by atoms with Gasteiger partial charge in [0.2, 0.25) is 0 Å². The Kier molecular flexibility index (Phi) is 5.47. The van der Waals surface area contributed by atoms with Gasteiger partial charge in [-0.25, -0.2) is 0 Å². The van der Waals surface area contributed by atoms with Gasteiger partial charge in [0.05, 0.1) is 18.2 Å². The third-order valence-corrected chi connectivity index (χ3v) is 5.59. The van der Waals surface area contributed by atoms with Crippen LogP contribution < -0.4 is 4.74 Å². The number of aryl methyl sites for hydroxylation is 1. The SMILES string of the molecule is C=C[C@@]1(N2CCO[C@@H](c3ccc(Oc4ccc(C)cc4)cc3)C2)C=CC=CC1. The zero-order chi connectivity index (χ0) is 19.4. The second-order valence-corrected chi connectivity index (χ2v) is 7.48. The van der Waals surface area contributed by atoms with Crippen molar-refractivity contribution >= 4 is 0 Å². The maximum atomic E-state index is 6.09. The Labute approximate surface area is 167 Å². The van der Waals surface area contributed by atoms with Gasteiger partial charge in [-0.1, -0.05) is 60.2 Å². The van der Waals surface area contributed by atoms with E-state index in [9.17, 15) is 0 Å². The average Bonchev–Trinajstić information content (AvgIpc) is 2.76. The molecule has 0 N–H and O–H groups in total. The van der Waals surface area contributed by atoms with Gasteiger partial charge in [-0.2, -0.15) is 0 Å². The lowest BCUT2D eigenvalue weighted by atomic mass is 9.88. The summed E-state index contributed by atoms with van der Waals surface area (Å²) in [6.45, 7) is 8.66. The van der Waals surface area contributed by atoms with Gasteiger partial charge in [-0.15, -0.1) is 6.58 Å². The molecular formula is C25H27NO2. The Morgan fingerprint density at radius 2 is 1.79 bits per heavy atom. The molecule has 3 heteroatoms. The lowest BCUT2D eigenvalue weighted by Gasteiger charge is -2.44. The van der Waals surface area contributed by atoms with E-state index >= 15 is 0 Å². The Hall–Kier alpha value is -2.62. The fourth-order valence-corrected chi connectivity index (χ4v) is 3.86. The average molecular weight is 373 g/mol. The van der Waals surface area contributed by atoms with Crippen LogP contribution in [0.5, 0.6) is 11.5 Å². The fraction of sp³-hybridized carbons (Fsp3) is 0.280. The van der Waals surface area contributed by atoms with Crippen LogP contribution in [0.15, 0.2) is 85.5 Å². The van der Waals surface area contributed by atoms with Crippen LogP contribution in [-0.4, -0.2) is 30.1 Å². The first-order valence-electron chi connectivity index (χ1n) is 9.88. The van der Waals surface area contributed by atoms with Crippen LogP contribution in [0.25, 0.3) is 0 Å². The number of hydrogen-bond donors (Lipinski definition) is 0. The summed E-state index contributed by atoms with van der Waals surface area (Å²) in [5, 5.41) is 0. The molecule has 4 rings (SSSR count). The predicted octanol–water partition coefficient (Wildman–Crippen LogP) is 5.60. The van der Waals surface area contributed by atoms with Crippen LogP contribution in [-0.2, 0) is 4.74 Å². The largest absolute Gasteiger partial charge is 0.457 e. The molecular weight excluding hydrogens is 346 g/mol. The summed E-state index contributed by atoms with van der Waals surface area (Å²) in [4.78, 5) is 2.48. The van der Waals surface area contributed by atoms with Gasteiger partial charge in [-0.05, 0) is 43.2 Å². The summed E-state index contributed by atoms with van der Waals surface area (Å²) in [7, 11) is 0. The van der Waals surface area contributed by atoms with Gasteiger partial charge in [0, 0.05) is 13.1 Å². The van der Waals surface area contributed by atoms with Crippen molar-refractivity contribution < 1.29 is 9.47 Å². The second kappa shape index (κ2) is 8.17. The molecule has 0 aromatic heterocycles. The minimum atomic E-state index is -0.106. The quantitative estimate of drug-likeness (QED) is 0.637. The maximum Gasteiger partial charge on any atom is 0.127 e. The van der Waals surface area contributed by atoms with Crippen LogP contribution in [0.1, 0.15) is 23.7 Å². The number of allylic oxidation sites excluding steroid dienone is 2. The Morgan fingerprint density at radius 1 is 1.07 bits per heavy atom. The Morgan fingerprint density at radius 3 is 2.43 bits per heavy atom. The summed E-state index contributed by atoms with van der Waals surface area (Å²) in [5.41, 5.74) is 2.29. The minimum Gasteiger partial charge on any atom is -0.457 e. The first kappa shape index (κ1) is 18.7. The molecule has 2 aliphatic rings. The normalized spacial score (nSPS) is 24.8. The molecule has 0 unspecified atom stereocenters. The van der Waals surface area contributed by atoms with Gasteiger partial charge in [0.15, 0.2) is 0 Å². The third-order valence-electron chi connectivity index (χ3n) is 5.59. The van der Waals surface area contributed by atoms with Crippen molar-refractivity contribution in [1.82, 2.24) is 4.90 Å². The zero-order valence-corrected chi connectivity index (χ0v) is 16.4. The summed E-state index contributed by atoms with van der Waals surface area (Å²) >= 11 is 0. The first-order chi connectivity index (χ1) is 13.7. The van der Waals surface area contributed by atoms with E-state index < -0.39 is 0 Å². The van der Waals surface area contributed by atoms with Gasteiger partial charge >= 0.3 is 0 Å². The molecule has 1 heterocycles. The van der Waals surface area contributed by atoms with Crippen LogP contribution in [0, 0.1) is 6.92 Å². The van der Waals surface area contributed by atoms with Gasteiger partial charge in [0.25, 0.3) is 0 Å². The summed E-state index contributed by atoms with van der Waals surface area (Å²) in [6, 6.07) is 16.3. The van der Waals surface area contributed by atoms with Gasteiger partial charge < -0.3 is 9.47 Å². The molecule has 0 amide bonds. The topological polar surface area (TPSA) is 21.7 Å². The molecule has 0 saturated carbocycles.